The van der Waals surface area contributed by atoms with Gasteiger partial charge >= 0.3 is 0 Å². The van der Waals surface area contributed by atoms with E-state index in [0.717, 1.165) is 17.8 Å². The summed E-state index contributed by atoms with van der Waals surface area (Å²) in [6.45, 7) is 14.8. The molecule has 0 unspecified atom stereocenters. The molecule has 0 aromatic heterocycles. The lowest BCUT2D eigenvalue weighted by molar-refractivity contribution is -0.0657. The molecule has 0 saturated heterocycles. The molecule has 4 rings (SSSR count). The Hall–Kier alpha value is -0.780. The van der Waals surface area contributed by atoms with Crippen molar-refractivity contribution in [1.29, 1.82) is 0 Å². The van der Waals surface area contributed by atoms with Crippen molar-refractivity contribution in [2.75, 3.05) is 0 Å². The van der Waals surface area contributed by atoms with Gasteiger partial charge in [-0.1, -0.05) is 66.2 Å². The highest BCUT2D eigenvalue weighted by atomic mass is 14.6. The van der Waals surface area contributed by atoms with Crippen molar-refractivity contribution < 1.29 is 0 Å². The molecule has 1 aromatic rings. The number of hydrogen-bond acceptors (Lipinski definition) is 0. The minimum Gasteiger partial charge on any atom is -0.0596 e. The highest BCUT2D eigenvalue weighted by Gasteiger charge is 2.55. The van der Waals surface area contributed by atoms with Gasteiger partial charge < -0.3 is 0 Å². The Morgan fingerprint density at radius 3 is 2.46 bits per heavy atom. The molecular formula is C24H36. The molecule has 0 bridgehead atoms. The summed E-state index contributed by atoms with van der Waals surface area (Å²) in [5.41, 5.74) is 6.28. The van der Waals surface area contributed by atoms with Crippen molar-refractivity contribution in [2.45, 2.75) is 91.4 Å². The third-order valence-corrected chi connectivity index (χ3v) is 8.04. The van der Waals surface area contributed by atoms with Gasteiger partial charge in [-0.2, -0.15) is 0 Å². The van der Waals surface area contributed by atoms with Gasteiger partial charge in [-0.15, -0.1) is 0 Å². The summed E-state index contributed by atoms with van der Waals surface area (Å²) >= 11 is 0. The summed E-state index contributed by atoms with van der Waals surface area (Å²) in [5, 5.41) is 0. The van der Waals surface area contributed by atoms with Crippen LogP contribution in [0.25, 0.3) is 0 Å². The average molecular weight is 325 g/mol. The lowest BCUT2D eigenvalue weighted by Crippen LogP contribution is -2.52. The molecular weight excluding hydrogens is 288 g/mol. The van der Waals surface area contributed by atoms with E-state index in [0.29, 0.717) is 10.8 Å². The summed E-state index contributed by atoms with van der Waals surface area (Å²) in [7, 11) is 0. The third kappa shape index (κ3) is 2.39. The largest absolute Gasteiger partial charge is 0.0596 e. The maximum Gasteiger partial charge on any atom is -0.0122 e. The van der Waals surface area contributed by atoms with Crippen LogP contribution in [0.5, 0.6) is 0 Å². The van der Waals surface area contributed by atoms with Crippen LogP contribution in [-0.4, -0.2) is 0 Å². The molecule has 0 heteroatoms. The third-order valence-electron chi connectivity index (χ3n) is 8.04. The Morgan fingerprint density at radius 1 is 1.00 bits per heavy atom. The second kappa shape index (κ2) is 5.12. The van der Waals surface area contributed by atoms with Gasteiger partial charge in [0, 0.05) is 0 Å². The van der Waals surface area contributed by atoms with Gasteiger partial charge in [0.25, 0.3) is 0 Å². The predicted molar refractivity (Wildman–Crippen MR) is 104 cm³/mol. The maximum absolute atomic E-state index is 2.62. The molecule has 4 atom stereocenters. The topological polar surface area (TPSA) is 0 Å². The number of rotatable bonds is 0. The van der Waals surface area contributed by atoms with E-state index in [-0.39, 0.29) is 5.41 Å². The molecule has 0 aliphatic heterocycles. The molecule has 1 aromatic carbocycles. The first-order chi connectivity index (χ1) is 11.1. The fourth-order valence-corrected chi connectivity index (χ4v) is 6.65. The van der Waals surface area contributed by atoms with Crippen LogP contribution < -0.4 is 0 Å². The Labute approximate surface area is 149 Å². The van der Waals surface area contributed by atoms with Crippen LogP contribution in [0.1, 0.15) is 96.3 Å². The van der Waals surface area contributed by atoms with E-state index in [1.165, 1.54) is 44.1 Å². The Bertz CT molecular complexity index is 644. The summed E-state index contributed by atoms with van der Waals surface area (Å²) in [5.74, 6) is 2.67. The normalized spacial score (nSPS) is 37.5. The molecule has 0 spiro atoms. The van der Waals surface area contributed by atoms with Crippen LogP contribution >= 0.6 is 0 Å². The molecule has 132 valence electrons. The number of fused-ring (bicyclic) bond motifs is 2. The molecule has 0 heterocycles. The van der Waals surface area contributed by atoms with Crippen LogP contribution in [-0.2, 0) is 11.8 Å². The van der Waals surface area contributed by atoms with Crippen molar-refractivity contribution in [3.63, 3.8) is 0 Å². The lowest BCUT2D eigenvalue weighted by Gasteiger charge is -2.60. The van der Waals surface area contributed by atoms with E-state index in [1.807, 2.05) is 0 Å². The van der Waals surface area contributed by atoms with E-state index in [1.54, 1.807) is 11.1 Å². The van der Waals surface area contributed by atoms with Crippen LogP contribution in [0.15, 0.2) is 18.2 Å². The summed E-state index contributed by atoms with van der Waals surface area (Å²) in [4.78, 5) is 0. The fraction of sp³-hybridized carbons (Fsp3) is 0.750. The summed E-state index contributed by atoms with van der Waals surface area (Å²) in [6, 6.07) is 7.50. The molecule has 2 saturated carbocycles. The van der Waals surface area contributed by atoms with E-state index in [9.17, 15) is 0 Å². The van der Waals surface area contributed by atoms with Gasteiger partial charge in [0.05, 0.1) is 0 Å². The SMILES string of the molecule is CC(C)(C)c1ccc2c(c1)[C@H]1CCC(C)(C)[C@@H]3CCC[C@@](C)(C2)[C@@H]13. The molecule has 3 aliphatic rings. The number of benzene rings is 1. The lowest BCUT2D eigenvalue weighted by atomic mass is 9.44. The quantitative estimate of drug-likeness (QED) is 0.488. The molecule has 0 nitrogen and oxygen atoms in total. The van der Waals surface area contributed by atoms with Gasteiger partial charge in [-0.05, 0) is 82.8 Å². The van der Waals surface area contributed by atoms with E-state index in [2.05, 4.69) is 59.7 Å². The Balaban J connectivity index is 1.83. The Morgan fingerprint density at radius 2 is 1.75 bits per heavy atom. The zero-order valence-electron chi connectivity index (χ0n) is 16.7. The zero-order valence-corrected chi connectivity index (χ0v) is 16.7. The van der Waals surface area contributed by atoms with Crippen LogP contribution in [0.4, 0.5) is 0 Å². The summed E-state index contributed by atoms with van der Waals surface area (Å²) < 4.78 is 0. The Kier molecular flexibility index (Phi) is 3.56. The van der Waals surface area contributed by atoms with Crippen molar-refractivity contribution in [3.8, 4) is 0 Å². The van der Waals surface area contributed by atoms with Crippen molar-refractivity contribution in [1.82, 2.24) is 0 Å². The number of hydrogen-bond donors (Lipinski definition) is 0. The van der Waals surface area contributed by atoms with E-state index in [4.69, 9.17) is 0 Å². The van der Waals surface area contributed by atoms with Crippen molar-refractivity contribution in [3.05, 3.63) is 34.9 Å². The molecule has 0 amide bonds. The first kappa shape index (κ1) is 16.7. The minimum atomic E-state index is 0.260. The van der Waals surface area contributed by atoms with Crippen LogP contribution in [0.3, 0.4) is 0 Å². The highest BCUT2D eigenvalue weighted by molar-refractivity contribution is 5.42. The van der Waals surface area contributed by atoms with Crippen molar-refractivity contribution >= 4 is 0 Å². The van der Waals surface area contributed by atoms with E-state index >= 15 is 0 Å². The van der Waals surface area contributed by atoms with Crippen LogP contribution in [0.2, 0.25) is 0 Å². The second-order valence-corrected chi connectivity index (χ2v) is 11.2. The first-order valence-electron chi connectivity index (χ1n) is 10.3. The first-order valence-corrected chi connectivity index (χ1v) is 10.3. The van der Waals surface area contributed by atoms with Gasteiger partial charge in [0.2, 0.25) is 0 Å². The van der Waals surface area contributed by atoms with Crippen molar-refractivity contribution in [2.24, 2.45) is 22.7 Å². The van der Waals surface area contributed by atoms with Gasteiger partial charge in [-0.25, -0.2) is 0 Å². The van der Waals surface area contributed by atoms with Gasteiger partial charge in [0.15, 0.2) is 0 Å². The monoisotopic (exact) mass is 324 g/mol. The standard InChI is InChI=1S/C24H36/c1-22(2,3)17-10-9-16-15-24(6)12-7-8-20-21(24)18(19(16)14-17)11-13-23(20,4)5/h9-10,14,18,20-21H,7-8,11-13,15H2,1-6H3/t18-,20-,21+,24+/m1/s1. The molecule has 0 N–H and O–H groups in total. The molecule has 24 heavy (non-hydrogen) atoms. The highest BCUT2D eigenvalue weighted by Crippen LogP contribution is 2.64. The van der Waals surface area contributed by atoms with Crippen LogP contribution in [0, 0.1) is 22.7 Å². The molecule has 3 aliphatic carbocycles. The van der Waals surface area contributed by atoms with Gasteiger partial charge in [0.1, 0.15) is 0 Å². The average Bonchev–Trinajstić information content (AvgIpc) is 2.48. The summed E-state index contributed by atoms with van der Waals surface area (Å²) in [6.07, 6.45) is 8.50. The second-order valence-electron chi connectivity index (χ2n) is 11.2. The minimum absolute atomic E-state index is 0.260. The smallest absolute Gasteiger partial charge is 0.0122 e. The van der Waals surface area contributed by atoms with Gasteiger partial charge in [-0.3, -0.25) is 0 Å². The molecule has 2 fully saturated rings. The maximum atomic E-state index is 2.62. The fourth-order valence-electron chi connectivity index (χ4n) is 6.65. The zero-order chi connectivity index (χ0) is 17.3. The molecule has 0 radical (unpaired) electrons. The predicted octanol–water partition coefficient (Wildman–Crippen LogP) is 6.87. The van der Waals surface area contributed by atoms with E-state index < -0.39 is 0 Å².